The summed E-state index contributed by atoms with van der Waals surface area (Å²) in [5.74, 6) is 0.859. The summed E-state index contributed by atoms with van der Waals surface area (Å²) in [5, 5.41) is 0. The van der Waals surface area contributed by atoms with Gasteiger partial charge in [-0.05, 0) is 69.3 Å². The van der Waals surface area contributed by atoms with Gasteiger partial charge in [0.25, 0.3) is 0 Å². The molecule has 4 nitrogen and oxygen atoms in total. The first-order chi connectivity index (χ1) is 13.3. The second-order valence-corrected chi connectivity index (χ2v) is 8.71. The number of hydrogen-bond donors (Lipinski definition) is 0. The molecule has 3 aliphatic rings. The van der Waals surface area contributed by atoms with Crippen molar-refractivity contribution in [2.75, 3.05) is 63.9 Å². The third kappa shape index (κ3) is 5.04. The smallest absolute Gasteiger partial charge is 0.0594 e. The fraction of sp³-hybridized carbons (Fsp3) is 0.739. The topological polar surface area (TPSA) is 19.0 Å². The number of piperidine rings is 2. The predicted molar refractivity (Wildman–Crippen MR) is 112 cm³/mol. The number of ether oxygens (including phenoxy) is 1. The zero-order valence-electron chi connectivity index (χ0n) is 17.1. The highest BCUT2D eigenvalue weighted by atomic mass is 16.5. The van der Waals surface area contributed by atoms with Crippen molar-refractivity contribution in [3.05, 3.63) is 29.8 Å². The third-order valence-corrected chi connectivity index (χ3v) is 6.91. The van der Waals surface area contributed by atoms with Crippen LogP contribution in [0.5, 0.6) is 0 Å². The largest absolute Gasteiger partial charge is 0.379 e. The van der Waals surface area contributed by atoms with Gasteiger partial charge in [0.2, 0.25) is 0 Å². The molecule has 1 atom stereocenters. The van der Waals surface area contributed by atoms with E-state index < -0.39 is 0 Å². The Hall–Kier alpha value is -1.10. The summed E-state index contributed by atoms with van der Waals surface area (Å²) in [7, 11) is 0. The number of morpholine rings is 1. The minimum atomic E-state index is 0.554. The molecule has 0 saturated carbocycles. The maximum Gasteiger partial charge on any atom is 0.0594 e. The molecule has 3 aliphatic heterocycles. The number of rotatable bonds is 5. The van der Waals surface area contributed by atoms with Gasteiger partial charge in [-0.25, -0.2) is 0 Å². The Morgan fingerprint density at radius 2 is 1.56 bits per heavy atom. The molecule has 0 radical (unpaired) electrons. The lowest BCUT2D eigenvalue weighted by Gasteiger charge is -2.37. The van der Waals surface area contributed by atoms with Crippen LogP contribution < -0.4 is 4.90 Å². The molecule has 3 heterocycles. The van der Waals surface area contributed by atoms with Crippen molar-refractivity contribution in [2.24, 2.45) is 5.92 Å². The van der Waals surface area contributed by atoms with Gasteiger partial charge in [0.05, 0.1) is 13.2 Å². The molecule has 4 rings (SSSR count). The summed E-state index contributed by atoms with van der Waals surface area (Å²) in [6.07, 6.45) is 6.78. The third-order valence-electron chi connectivity index (χ3n) is 6.91. The summed E-state index contributed by atoms with van der Waals surface area (Å²) in [6, 6.07) is 10.0. The van der Waals surface area contributed by atoms with E-state index in [0.29, 0.717) is 6.04 Å². The zero-order chi connectivity index (χ0) is 18.5. The lowest BCUT2D eigenvalue weighted by atomic mass is 9.95. The Morgan fingerprint density at radius 1 is 0.889 bits per heavy atom. The molecular formula is C23H37N3O. The van der Waals surface area contributed by atoms with Crippen molar-refractivity contribution in [3.63, 3.8) is 0 Å². The molecule has 0 aromatic heterocycles. The van der Waals surface area contributed by atoms with Gasteiger partial charge in [-0.15, -0.1) is 0 Å². The number of nitrogens with zero attached hydrogens (tertiary/aromatic N) is 3. The van der Waals surface area contributed by atoms with Gasteiger partial charge in [0, 0.05) is 44.5 Å². The van der Waals surface area contributed by atoms with Gasteiger partial charge < -0.3 is 9.64 Å². The molecule has 0 aliphatic carbocycles. The molecule has 3 fully saturated rings. The van der Waals surface area contributed by atoms with E-state index >= 15 is 0 Å². The summed E-state index contributed by atoms with van der Waals surface area (Å²) in [4.78, 5) is 7.83. The Kier molecular flexibility index (Phi) is 6.69. The summed E-state index contributed by atoms with van der Waals surface area (Å²) in [5.41, 5.74) is 2.89. The van der Waals surface area contributed by atoms with E-state index in [0.717, 1.165) is 32.2 Å². The monoisotopic (exact) mass is 371 g/mol. The Morgan fingerprint density at radius 3 is 2.22 bits per heavy atom. The molecule has 0 bridgehead atoms. The second-order valence-electron chi connectivity index (χ2n) is 8.71. The zero-order valence-corrected chi connectivity index (χ0v) is 17.1. The number of likely N-dealkylation sites (tertiary alicyclic amines) is 1. The highest BCUT2D eigenvalue weighted by Crippen LogP contribution is 2.28. The van der Waals surface area contributed by atoms with Crippen LogP contribution in [0.2, 0.25) is 0 Å². The van der Waals surface area contributed by atoms with Crippen molar-refractivity contribution in [3.8, 4) is 0 Å². The summed E-state index contributed by atoms with van der Waals surface area (Å²) in [6.45, 7) is 12.7. The minimum absolute atomic E-state index is 0.554. The van der Waals surface area contributed by atoms with Gasteiger partial charge in [-0.3, -0.25) is 9.80 Å². The molecule has 0 amide bonds. The fourth-order valence-electron chi connectivity index (χ4n) is 5.00. The summed E-state index contributed by atoms with van der Waals surface area (Å²) >= 11 is 0. The summed E-state index contributed by atoms with van der Waals surface area (Å²) < 4.78 is 5.48. The van der Waals surface area contributed by atoms with Crippen molar-refractivity contribution in [1.82, 2.24) is 9.80 Å². The lowest BCUT2D eigenvalue weighted by Crippen LogP contribution is -2.42. The standard InChI is InChI=1S/C23H37N3O/c1-20(25-11-3-2-4-12-25)22-5-7-23(8-6-22)26-13-9-21(10-14-26)19-24-15-17-27-18-16-24/h5-8,20-21H,2-4,9-19H2,1H3. The minimum Gasteiger partial charge on any atom is -0.379 e. The van der Waals surface area contributed by atoms with Crippen molar-refractivity contribution < 1.29 is 4.74 Å². The molecule has 1 unspecified atom stereocenters. The van der Waals surface area contributed by atoms with Crippen LogP contribution in [-0.2, 0) is 4.74 Å². The van der Waals surface area contributed by atoms with E-state index in [1.54, 1.807) is 0 Å². The highest BCUT2D eigenvalue weighted by Gasteiger charge is 2.23. The maximum absolute atomic E-state index is 5.48. The molecule has 27 heavy (non-hydrogen) atoms. The number of benzene rings is 1. The molecule has 0 N–H and O–H groups in total. The Labute approximate surface area is 165 Å². The Balaban J connectivity index is 1.27. The van der Waals surface area contributed by atoms with Gasteiger partial charge in [0.1, 0.15) is 0 Å². The van der Waals surface area contributed by atoms with Crippen LogP contribution in [0.25, 0.3) is 0 Å². The van der Waals surface area contributed by atoms with Gasteiger partial charge >= 0.3 is 0 Å². The van der Waals surface area contributed by atoms with Gasteiger partial charge in [-0.1, -0.05) is 18.6 Å². The first-order valence-electron chi connectivity index (χ1n) is 11.2. The Bertz CT molecular complexity index is 555. The van der Waals surface area contributed by atoms with E-state index in [1.807, 2.05) is 0 Å². The van der Waals surface area contributed by atoms with Crippen LogP contribution in [0.4, 0.5) is 5.69 Å². The molecular weight excluding hydrogens is 334 g/mol. The molecule has 0 spiro atoms. The average Bonchev–Trinajstić information content (AvgIpc) is 2.75. The fourth-order valence-corrected chi connectivity index (χ4v) is 5.00. The van der Waals surface area contributed by atoms with Crippen LogP contribution in [0.15, 0.2) is 24.3 Å². The molecule has 3 saturated heterocycles. The number of hydrogen-bond acceptors (Lipinski definition) is 4. The van der Waals surface area contributed by atoms with Crippen LogP contribution in [0, 0.1) is 5.92 Å². The van der Waals surface area contributed by atoms with Crippen LogP contribution in [0.1, 0.15) is 50.6 Å². The maximum atomic E-state index is 5.48. The van der Waals surface area contributed by atoms with E-state index in [4.69, 9.17) is 4.74 Å². The van der Waals surface area contributed by atoms with E-state index in [9.17, 15) is 0 Å². The first-order valence-corrected chi connectivity index (χ1v) is 11.2. The van der Waals surface area contributed by atoms with E-state index in [-0.39, 0.29) is 0 Å². The van der Waals surface area contributed by atoms with Gasteiger partial charge in [-0.2, -0.15) is 0 Å². The average molecular weight is 372 g/mol. The van der Waals surface area contributed by atoms with Crippen LogP contribution >= 0.6 is 0 Å². The molecule has 1 aromatic carbocycles. The second kappa shape index (κ2) is 9.40. The van der Waals surface area contributed by atoms with Crippen molar-refractivity contribution in [1.29, 1.82) is 0 Å². The predicted octanol–water partition coefficient (Wildman–Crippen LogP) is 3.78. The van der Waals surface area contributed by atoms with E-state index in [1.165, 1.54) is 76.1 Å². The van der Waals surface area contributed by atoms with Crippen LogP contribution in [0.3, 0.4) is 0 Å². The molecule has 150 valence electrons. The lowest BCUT2D eigenvalue weighted by molar-refractivity contribution is 0.0289. The van der Waals surface area contributed by atoms with Crippen molar-refractivity contribution >= 4 is 5.69 Å². The van der Waals surface area contributed by atoms with E-state index in [2.05, 4.69) is 45.9 Å². The van der Waals surface area contributed by atoms with Crippen molar-refractivity contribution in [2.45, 2.75) is 45.1 Å². The molecule has 4 heteroatoms. The first kappa shape index (κ1) is 19.2. The quantitative estimate of drug-likeness (QED) is 0.784. The number of anilines is 1. The van der Waals surface area contributed by atoms with Crippen LogP contribution in [-0.4, -0.2) is 68.8 Å². The normalized spacial score (nSPS) is 24.9. The highest BCUT2D eigenvalue weighted by molar-refractivity contribution is 5.48. The SMILES string of the molecule is CC(c1ccc(N2CCC(CN3CCOCC3)CC2)cc1)N1CCCCC1. The molecule has 1 aromatic rings. The van der Waals surface area contributed by atoms with Gasteiger partial charge in [0.15, 0.2) is 0 Å².